The van der Waals surface area contributed by atoms with Crippen LogP contribution in [-0.4, -0.2) is 0 Å². The van der Waals surface area contributed by atoms with Crippen LogP contribution < -0.4 is 0 Å². The molecule has 3 rings (SSSR count). The minimum Gasteiger partial charge on any atom is -0.0810 e. The van der Waals surface area contributed by atoms with Gasteiger partial charge >= 0.3 is 0 Å². The molecule has 84 valence electrons. The van der Waals surface area contributed by atoms with Crippen molar-refractivity contribution in [3.8, 4) is 0 Å². The van der Waals surface area contributed by atoms with Crippen LogP contribution in [0.5, 0.6) is 0 Å². The third kappa shape index (κ3) is 3.10. The Hall–Kier alpha value is -1.30. The van der Waals surface area contributed by atoms with E-state index in [1.54, 1.807) is 0 Å². The number of benzene rings is 1. The van der Waals surface area contributed by atoms with Crippen molar-refractivity contribution in [1.82, 2.24) is 0 Å². The predicted molar refractivity (Wildman–Crippen MR) is 70.3 cm³/mol. The van der Waals surface area contributed by atoms with Crippen molar-refractivity contribution in [2.75, 3.05) is 0 Å². The van der Waals surface area contributed by atoms with E-state index in [2.05, 4.69) is 61.6 Å². The second-order valence-electron chi connectivity index (χ2n) is 4.57. The summed E-state index contributed by atoms with van der Waals surface area (Å²) in [6, 6.07) is 10.6. The third-order valence-corrected chi connectivity index (χ3v) is 3.14. The van der Waals surface area contributed by atoms with Crippen LogP contribution in [0.2, 0.25) is 0 Å². The molecule has 0 heterocycles. The molecular weight excluding hydrogens is 192 g/mol. The average Bonchev–Trinajstić information content (AvgIpc) is 2.96. The molecule has 0 N–H and O–H groups in total. The molecule has 0 unspecified atom stereocenters. The van der Waals surface area contributed by atoms with Crippen LogP contribution in [0.3, 0.4) is 0 Å². The van der Waals surface area contributed by atoms with E-state index in [1.165, 1.54) is 24.8 Å². The number of aryl methyl sites for hydroxylation is 1. The SMILES string of the molecule is C1=CC2C=CC1C2.CCCc1ccccc1. The van der Waals surface area contributed by atoms with Crippen molar-refractivity contribution >= 4 is 0 Å². The first-order chi connectivity index (χ1) is 7.88. The molecule has 0 aromatic heterocycles. The van der Waals surface area contributed by atoms with Gasteiger partial charge in [-0.1, -0.05) is 68.0 Å². The summed E-state index contributed by atoms with van der Waals surface area (Å²) in [5.41, 5.74) is 1.44. The molecular formula is C16H20. The minimum absolute atomic E-state index is 0.810. The molecule has 0 radical (unpaired) electrons. The maximum atomic E-state index is 2.30. The summed E-state index contributed by atoms with van der Waals surface area (Å²) in [6.45, 7) is 2.20. The van der Waals surface area contributed by atoms with Gasteiger partial charge in [0.2, 0.25) is 0 Å². The second-order valence-corrected chi connectivity index (χ2v) is 4.57. The van der Waals surface area contributed by atoms with Crippen LogP contribution in [0.25, 0.3) is 0 Å². The standard InChI is InChI=1S/C9H12.C7H8/c1-2-6-9-7-4-3-5-8-9;1-2-7-4-3-6(1)5-7/h3-5,7-8H,2,6H2,1H3;1-4,6-7H,5H2. The molecule has 16 heavy (non-hydrogen) atoms. The molecule has 0 fully saturated rings. The van der Waals surface area contributed by atoms with Crippen molar-refractivity contribution in [2.24, 2.45) is 11.8 Å². The largest absolute Gasteiger partial charge is 0.0810 e. The van der Waals surface area contributed by atoms with Crippen molar-refractivity contribution in [3.63, 3.8) is 0 Å². The molecule has 0 spiro atoms. The zero-order chi connectivity index (χ0) is 11.2. The number of rotatable bonds is 2. The monoisotopic (exact) mass is 212 g/mol. The van der Waals surface area contributed by atoms with Gasteiger partial charge in [-0.3, -0.25) is 0 Å². The third-order valence-electron chi connectivity index (χ3n) is 3.14. The van der Waals surface area contributed by atoms with E-state index in [-0.39, 0.29) is 0 Å². The summed E-state index contributed by atoms with van der Waals surface area (Å²) in [4.78, 5) is 0. The fourth-order valence-electron chi connectivity index (χ4n) is 2.26. The average molecular weight is 212 g/mol. The number of allylic oxidation sites excluding steroid dienone is 4. The van der Waals surface area contributed by atoms with Crippen molar-refractivity contribution < 1.29 is 0 Å². The van der Waals surface area contributed by atoms with Crippen molar-refractivity contribution in [2.45, 2.75) is 26.2 Å². The Morgan fingerprint density at radius 2 is 1.50 bits per heavy atom. The fourth-order valence-corrected chi connectivity index (χ4v) is 2.26. The zero-order valence-corrected chi connectivity index (χ0v) is 9.97. The van der Waals surface area contributed by atoms with Crippen molar-refractivity contribution in [1.29, 1.82) is 0 Å². The van der Waals surface area contributed by atoms with Gasteiger partial charge in [0, 0.05) is 0 Å². The molecule has 0 aliphatic heterocycles. The highest BCUT2D eigenvalue weighted by Gasteiger charge is 2.19. The zero-order valence-electron chi connectivity index (χ0n) is 9.97. The summed E-state index contributed by atoms with van der Waals surface area (Å²) in [7, 11) is 0. The van der Waals surface area contributed by atoms with Crippen LogP contribution in [0.1, 0.15) is 25.3 Å². The lowest BCUT2D eigenvalue weighted by atomic mass is 10.1. The lowest BCUT2D eigenvalue weighted by Gasteiger charge is -1.93. The minimum atomic E-state index is 0.810. The Balaban J connectivity index is 0.000000123. The van der Waals surface area contributed by atoms with E-state index >= 15 is 0 Å². The molecule has 0 nitrogen and oxygen atoms in total. The lowest BCUT2D eigenvalue weighted by molar-refractivity contribution is 0.732. The number of fused-ring (bicyclic) bond motifs is 2. The molecule has 1 aromatic carbocycles. The Bertz CT molecular complexity index is 331. The summed E-state index contributed by atoms with van der Waals surface area (Å²) >= 11 is 0. The van der Waals surface area contributed by atoms with E-state index in [0.717, 1.165) is 11.8 Å². The van der Waals surface area contributed by atoms with Gasteiger partial charge in [0.15, 0.2) is 0 Å². The van der Waals surface area contributed by atoms with Gasteiger partial charge in [-0.15, -0.1) is 0 Å². The second kappa shape index (κ2) is 5.69. The maximum Gasteiger partial charge on any atom is -0.00445 e. The first-order valence-electron chi connectivity index (χ1n) is 6.29. The molecule has 0 saturated carbocycles. The topological polar surface area (TPSA) is 0 Å². The molecule has 2 bridgehead atoms. The Morgan fingerprint density at radius 3 is 1.88 bits per heavy atom. The Labute approximate surface area is 98.7 Å². The van der Waals surface area contributed by atoms with E-state index in [4.69, 9.17) is 0 Å². The van der Waals surface area contributed by atoms with Crippen LogP contribution >= 0.6 is 0 Å². The Morgan fingerprint density at radius 1 is 0.938 bits per heavy atom. The molecule has 0 heteroatoms. The van der Waals surface area contributed by atoms with Crippen LogP contribution in [0.4, 0.5) is 0 Å². The molecule has 0 amide bonds. The van der Waals surface area contributed by atoms with Gasteiger partial charge in [-0.05, 0) is 30.2 Å². The summed E-state index contributed by atoms with van der Waals surface area (Å²) in [5, 5.41) is 0. The summed E-state index contributed by atoms with van der Waals surface area (Å²) in [6.07, 6.45) is 13.0. The van der Waals surface area contributed by atoms with Crippen molar-refractivity contribution in [3.05, 3.63) is 60.2 Å². The lowest BCUT2D eigenvalue weighted by Crippen LogP contribution is -1.79. The van der Waals surface area contributed by atoms with Crippen LogP contribution in [0.15, 0.2) is 54.6 Å². The smallest absolute Gasteiger partial charge is 0.00445 e. The molecule has 0 saturated heterocycles. The molecule has 0 atom stereocenters. The molecule has 1 aromatic rings. The van der Waals surface area contributed by atoms with Gasteiger partial charge in [-0.2, -0.15) is 0 Å². The Kier molecular flexibility index (Phi) is 3.98. The quantitative estimate of drug-likeness (QED) is 0.638. The molecule has 2 aliphatic carbocycles. The highest BCUT2D eigenvalue weighted by Crippen LogP contribution is 2.31. The maximum absolute atomic E-state index is 2.30. The first-order valence-corrected chi connectivity index (χ1v) is 6.29. The highest BCUT2D eigenvalue weighted by atomic mass is 14.2. The summed E-state index contributed by atoms with van der Waals surface area (Å²) < 4.78 is 0. The number of hydrogen-bond donors (Lipinski definition) is 0. The first kappa shape index (κ1) is 11.2. The summed E-state index contributed by atoms with van der Waals surface area (Å²) in [5.74, 6) is 1.62. The fraction of sp³-hybridized carbons (Fsp3) is 0.375. The van der Waals surface area contributed by atoms with E-state index in [9.17, 15) is 0 Å². The van der Waals surface area contributed by atoms with Gasteiger partial charge in [-0.25, -0.2) is 0 Å². The van der Waals surface area contributed by atoms with Crippen LogP contribution in [0, 0.1) is 11.8 Å². The molecule has 2 aliphatic rings. The van der Waals surface area contributed by atoms with Gasteiger partial charge in [0.05, 0.1) is 0 Å². The van der Waals surface area contributed by atoms with Gasteiger partial charge < -0.3 is 0 Å². The van der Waals surface area contributed by atoms with E-state index in [0.29, 0.717) is 0 Å². The highest BCUT2D eigenvalue weighted by molar-refractivity contribution is 5.21. The van der Waals surface area contributed by atoms with Gasteiger partial charge in [0.1, 0.15) is 0 Å². The van der Waals surface area contributed by atoms with Crippen LogP contribution in [-0.2, 0) is 6.42 Å². The normalized spacial score (nSPS) is 24.3. The number of hydrogen-bond acceptors (Lipinski definition) is 0. The van der Waals surface area contributed by atoms with Gasteiger partial charge in [0.25, 0.3) is 0 Å². The van der Waals surface area contributed by atoms with E-state index < -0.39 is 0 Å². The predicted octanol–water partition coefficient (Wildman–Crippen LogP) is 4.39. The van der Waals surface area contributed by atoms with E-state index in [1.807, 2.05) is 0 Å².